The number of fused-ring (bicyclic) bond motifs is 1. The average Bonchev–Trinajstić information content (AvgIpc) is 3.55. The molecule has 13 heteroatoms. The van der Waals surface area contributed by atoms with E-state index in [4.69, 9.17) is 14.2 Å². The molecule has 5 rings (SSSR count). The molecule has 0 fully saturated rings. The number of rotatable bonds is 9. The standard InChI is InChI=1S/C27H24F2N6O5/c1-34-25-19(15-8-20(29)26(22(9-15)39-3)40-13-23-30-14-31-33-23)10-18(38-2)11-21(25)35(27(34)37)12-24(36)32-17-6-4-16(28)5-7-17/h4-11,14H,12-13H2,1-3H3,(H,32,36)(H,30,31,33). The van der Waals surface area contributed by atoms with Crippen LogP contribution in [0.25, 0.3) is 22.2 Å². The first kappa shape index (κ1) is 26.4. The third-order valence-corrected chi connectivity index (χ3v) is 6.23. The number of aromatic nitrogens is 5. The van der Waals surface area contributed by atoms with Crippen LogP contribution in [0.15, 0.2) is 59.7 Å². The minimum atomic E-state index is -0.701. The van der Waals surface area contributed by atoms with Crippen LogP contribution in [-0.2, 0) is 25.0 Å². The number of halogens is 2. The van der Waals surface area contributed by atoms with E-state index >= 15 is 4.39 Å². The highest BCUT2D eigenvalue weighted by Gasteiger charge is 2.22. The Hall–Kier alpha value is -5.20. The molecule has 0 bridgehead atoms. The van der Waals surface area contributed by atoms with E-state index in [1.54, 1.807) is 25.2 Å². The number of anilines is 1. The molecule has 0 saturated carbocycles. The topological polar surface area (TPSA) is 125 Å². The third-order valence-electron chi connectivity index (χ3n) is 6.23. The minimum absolute atomic E-state index is 0.0621. The van der Waals surface area contributed by atoms with E-state index in [0.717, 1.165) is 0 Å². The molecule has 2 heterocycles. The largest absolute Gasteiger partial charge is 0.497 e. The Labute approximate surface area is 225 Å². The highest BCUT2D eigenvalue weighted by Crippen LogP contribution is 2.39. The lowest BCUT2D eigenvalue weighted by molar-refractivity contribution is -0.116. The molecule has 40 heavy (non-hydrogen) atoms. The number of hydrogen-bond donors (Lipinski definition) is 2. The predicted molar refractivity (Wildman–Crippen MR) is 141 cm³/mol. The fraction of sp³-hybridized carbons (Fsp3) is 0.185. The summed E-state index contributed by atoms with van der Waals surface area (Å²) in [6, 6.07) is 11.4. The fourth-order valence-electron chi connectivity index (χ4n) is 4.36. The van der Waals surface area contributed by atoms with Crippen molar-refractivity contribution in [1.29, 1.82) is 0 Å². The molecule has 0 atom stereocenters. The summed E-state index contributed by atoms with van der Waals surface area (Å²) in [7, 11) is 4.39. The maximum Gasteiger partial charge on any atom is 0.329 e. The number of amides is 1. The van der Waals surface area contributed by atoms with Gasteiger partial charge in [-0.15, -0.1) is 0 Å². The second kappa shape index (κ2) is 10.9. The number of imidazole rings is 1. The number of benzene rings is 3. The normalized spacial score (nSPS) is 11.0. The van der Waals surface area contributed by atoms with E-state index in [-0.39, 0.29) is 24.7 Å². The Bertz CT molecular complexity index is 1750. The van der Waals surface area contributed by atoms with Gasteiger partial charge in [0.1, 0.15) is 31.0 Å². The SMILES string of the molecule is COc1cc(-c2cc(F)c(OCc3ncn[nH]3)c(OC)c2)c2c(c1)n(CC(=O)Nc1ccc(F)cc1)c(=O)n2C. The summed E-state index contributed by atoms with van der Waals surface area (Å²) >= 11 is 0. The average molecular weight is 551 g/mol. The number of aromatic amines is 1. The molecule has 2 N–H and O–H groups in total. The third kappa shape index (κ3) is 5.08. The molecule has 11 nitrogen and oxygen atoms in total. The lowest BCUT2D eigenvalue weighted by Gasteiger charge is -2.14. The van der Waals surface area contributed by atoms with Gasteiger partial charge in [0.05, 0.1) is 25.3 Å². The van der Waals surface area contributed by atoms with Crippen molar-refractivity contribution in [3.05, 3.63) is 82.8 Å². The summed E-state index contributed by atoms with van der Waals surface area (Å²) in [5.41, 5.74) is 1.59. The first-order valence-corrected chi connectivity index (χ1v) is 12.0. The van der Waals surface area contributed by atoms with Gasteiger partial charge in [-0.05, 0) is 48.0 Å². The lowest BCUT2D eigenvalue weighted by atomic mass is 10.0. The van der Waals surface area contributed by atoms with Gasteiger partial charge < -0.3 is 19.5 Å². The van der Waals surface area contributed by atoms with Crippen molar-refractivity contribution in [2.45, 2.75) is 13.2 Å². The Morgan fingerprint density at radius 3 is 2.52 bits per heavy atom. The van der Waals surface area contributed by atoms with Gasteiger partial charge in [-0.25, -0.2) is 18.6 Å². The molecule has 0 aliphatic carbocycles. The van der Waals surface area contributed by atoms with Gasteiger partial charge in [0.15, 0.2) is 23.1 Å². The zero-order valence-electron chi connectivity index (χ0n) is 21.7. The van der Waals surface area contributed by atoms with Crippen molar-refractivity contribution >= 4 is 22.6 Å². The van der Waals surface area contributed by atoms with Gasteiger partial charge in [0.25, 0.3) is 0 Å². The van der Waals surface area contributed by atoms with E-state index in [0.29, 0.717) is 39.4 Å². The van der Waals surface area contributed by atoms with Gasteiger partial charge in [0, 0.05) is 24.4 Å². The number of carbonyl (C=O) groups is 1. The monoisotopic (exact) mass is 550 g/mol. The van der Waals surface area contributed by atoms with Crippen LogP contribution in [0.1, 0.15) is 5.82 Å². The van der Waals surface area contributed by atoms with E-state index in [9.17, 15) is 14.0 Å². The molecule has 0 saturated heterocycles. The predicted octanol–water partition coefficient (Wildman–Crippen LogP) is 3.64. The van der Waals surface area contributed by atoms with Crippen molar-refractivity contribution < 1.29 is 27.8 Å². The van der Waals surface area contributed by atoms with Crippen molar-refractivity contribution in [1.82, 2.24) is 24.3 Å². The number of carbonyl (C=O) groups excluding carboxylic acids is 1. The number of nitrogens with one attached hydrogen (secondary N) is 2. The van der Waals surface area contributed by atoms with Crippen LogP contribution in [-0.4, -0.2) is 44.4 Å². The van der Waals surface area contributed by atoms with Crippen LogP contribution in [0, 0.1) is 11.6 Å². The zero-order valence-corrected chi connectivity index (χ0v) is 21.7. The summed E-state index contributed by atoms with van der Waals surface area (Å²) < 4.78 is 47.7. The Morgan fingerprint density at radius 1 is 1.07 bits per heavy atom. The van der Waals surface area contributed by atoms with Gasteiger partial charge in [-0.3, -0.25) is 19.0 Å². The van der Waals surface area contributed by atoms with Gasteiger partial charge >= 0.3 is 5.69 Å². The minimum Gasteiger partial charge on any atom is -0.497 e. The van der Waals surface area contributed by atoms with Crippen molar-refractivity contribution in [3.63, 3.8) is 0 Å². The molecule has 0 aliphatic rings. The molecule has 5 aromatic rings. The van der Waals surface area contributed by atoms with Crippen molar-refractivity contribution in [2.24, 2.45) is 7.05 Å². The molecule has 1 amide bonds. The molecule has 206 valence electrons. The molecule has 3 aromatic carbocycles. The Kier molecular flexibility index (Phi) is 7.19. The van der Waals surface area contributed by atoms with Crippen LogP contribution in [0.3, 0.4) is 0 Å². The number of aryl methyl sites for hydroxylation is 1. The van der Waals surface area contributed by atoms with Gasteiger partial charge in [-0.1, -0.05) is 0 Å². The van der Waals surface area contributed by atoms with Crippen LogP contribution in [0.5, 0.6) is 17.2 Å². The van der Waals surface area contributed by atoms with E-state index in [2.05, 4.69) is 20.5 Å². The molecular weight excluding hydrogens is 526 g/mol. The van der Waals surface area contributed by atoms with E-state index in [1.807, 2.05) is 0 Å². The maximum absolute atomic E-state index is 15.4. The maximum atomic E-state index is 15.4. The quantitative estimate of drug-likeness (QED) is 0.287. The molecule has 2 aromatic heterocycles. The summed E-state index contributed by atoms with van der Waals surface area (Å²) in [6.07, 6.45) is 1.31. The van der Waals surface area contributed by atoms with Crippen molar-refractivity contribution in [3.8, 4) is 28.4 Å². The van der Waals surface area contributed by atoms with E-state index < -0.39 is 23.2 Å². The number of nitrogens with zero attached hydrogens (tertiary/aromatic N) is 4. The zero-order chi connectivity index (χ0) is 28.4. The second-order valence-electron chi connectivity index (χ2n) is 8.74. The van der Waals surface area contributed by atoms with E-state index in [1.165, 1.54) is 60.0 Å². The molecular formula is C27H24F2N6O5. The highest BCUT2D eigenvalue weighted by atomic mass is 19.1. The summed E-state index contributed by atoms with van der Waals surface area (Å²) in [5.74, 6) is -0.852. The summed E-state index contributed by atoms with van der Waals surface area (Å²) in [5, 5.41) is 9.02. The first-order valence-electron chi connectivity index (χ1n) is 12.0. The fourth-order valence-corrected chi connectivity index (χ4v) is 4.36. The molecule has 0 spiro atoms. The van der Waals surface area contributed by atoms with Crippen LogP contribution in [0.4, 0.5) is 14.5 Å². The van der Waals surface area contributed by atoms with Gasteiger partial charge in [-0.2, -0.15) is 5.10 Å². The molecule has 0 radical (unpaired) electrons. The Balaban J connectivity index is 1.55. The second-order valence-corrected chi connectivity index (χ2v) is 8.74. The number of methoxy groups -OCH3 is 2. The van der Waals surface area contributed by atoms with Crippen LogP contribution < -0.4 is 25.2 Å². The first-order chi connectivity index (χ1) is 19.3. The van der Waals surface area contributed by atoms with Crippen molar-refractivity contribution in [2.75, 3.05) is 19.5 Å². The smallest absolute Gasteiger partial charge is 0.329 e. The number of H-pyrrole nitrogens is 1. The van der Waals surface area contributed by atoms with Gasteiger partial charge in [0.2, 0.25) is 5.91 Å². The number of hydrogen-bond acceptors (Lipinski definition) is 7. The van der Waals surface area contributed by atoms with Crippen LogP contribution >= 0.6 is 0 Å². The highest BCUT2D eigenvalue weighted by molar-refractivity contribution is 5.96. The summed E-state index contributed by atoms with van der Waals surface area (Å²) in [4.78, 5) is 30.0. The molecule has 0 aliphatic heterocycles. The summed E-state index contributed by atoms with van der Waals surface area (Å²) in [6.45, 7) is -0.389. The Morgan fingerprint density at radius 2 is 1.85 bits per heavy atom. The van der Waals surface area contributed by atoms with Crippen LogP contribution in [0.2, 0.25) is 0 Å². The lowest BCUT2D eigenvalue weighted by Crippen LogP contribution is -2.28. The number of ether oxygens (including phenoxy) is 3. The molecule has 0 unspecified atom stereocenters.